The van der Waals surface area contributed by atoms with Crippen molar-refractivity contribution in [2.24, 2.45) is 0 Å². The van der Waals surface area contributed by atoms with Gasteiger partial charge < -0.3 is 10.4 Å². The molecule has 0 bridgehead atoms. The zero-order valence-corrected chi connectivity index (χ0v) is 7.91. The van der Waals surface area contributed by atoms with E-state index in [0.717, 1.165) is 9.35 Å². The van der Waals surface area contributed by atoms with Gasteiger partial charge in [0.1, 0.15) is 5.01 Å². The van der Waals surface area contributed by atoms with Gasteiger partial charge in [-0.3, -0.25) is 0 Å². The van der Waals surface area contributed by atoms with Crippen LogP contribution in [0.3, 0.4) is 0 Å². The third kappa shape index (κ3) is 3.05. The highest BCUT2D eigenvalue weighted by molar-refractivity contribution is 8.00. The van der Waals surface area contributed by atoms with Crippen LogP contribution in [0.1, 0.15) is 5.01 Å². The summed E-state index contributed by atoms with van der Waals surface area (Å²) >= 11 is 2.77. The number of hydrogen-bond acceptors (Lipinski definition) is 5. The number of rotatable bonds is 3. The Kier molecular flexibility index (Phi) is 3.30. The Hall–Kier alpha value is -0.820. The minimum absolute atomic E-state index is 0.309. The molecule has 0 spiro atoms. The third-order valence-corrected chi connectivity index (χ3v) is 2.78. The van der Waals surface area contributed by atoms with E-state index in [-0.39, 0.29) is 0 Å². The van der Waals surface area contributed by atoms with Crippen LogP contribution in [0.15, 0.2) is 4.34 Å². The molecular formula is C5H7N3O2S2. The van der Waals surface area contributed by atoms with Gasteiger partial charge in [-0.05, 0) is 6.92 Å². The standard InChI is InChI=1S/C5H7N3O2S2/c1-3-7-8-5(12-3)11-2-6-4(9)10/h6H,2H2,1H3,(H,9,10). The summed E-state index contributed by atoms with van der Waals surface area (Å²) in [6.45, 7) is 1.85. The molecule has 1 amide bonds. The molecule has 7 heteroatoms. The molecule has 0 aliphatic carbocycles. The molecular weight excluding hydrogens is 198 g/mol. The Balaban J connectivity index is 2.29. The quantitative estimate of drug-likeness (QED) is 0.572. The lowest BCUT2D eigenvalue weighted by Gasteiger charge is -1.94. The normalized spacial score (nSPS) is 9.75. The number of aromatic nitrogens is 2. The minimum Gasteiger partial charge on any atom is -0.465 e. The maximum Gasteiger partial charge on any atom is 0.405 e. The van der Waals surface area contributed by atoms with Crippen molar-refractivity contribution in [3.63, 3.8) is 0 Å². The lowest BCUT2D eigenvalue weighted by molar-refractivity contribution is 0.196. The Morgan fingerprint density at radius 2 is 2.50 bits per heavy atom. The third-order valence-electron chi connectivity index (χ3n) is 0.927. The molecule has 0 saturated heterocycles. The van der Waals surface area contributed by atoms with E-state index < -0.39 is 6.09 Å². The summed E-state index contributed by atoms with van der Waals surface area (Å²) in [4.78, 5) is 10.0. The van der Waals surface area contributed by atoms with Crippen molar-refractivity contribution in [2.45, 2.75) is 11.3 Å². The maximum absolute atomic E-state index is 10.0. The van der Waals surface area contributed by atoms with Gasteiger partial charge in [-0.2, -0.15) is 0 Å². The molecule has 1 aromatic rings. The monoisotopic (exact) mass is 205 g/mol. The summed E-state index contributed by atoms with van der Waals surface area (Å²) in [6.07, 6.45) is -1.02. The van der Waals surface area contributed by atoms with Crippen molar-refractivity contribution in [3.05, 3.63) is 5.01 Å². The van der Waals surface area contributed by atoms with Crippen molar-refractivity contribution in [2.75, 3.05) is 5.88 Å². The zero-order valence-electron chi connectivity index (χ0n) is 6.27. The van der Waals surface area contributed by atoms with Gasteiger partial charge in [0.05, 0.1) is 5.88 Å². The minimum atomic E-state index is -1.02. The molecule has 12 heavy (non-hydrogen) atoms. The van der Waals surface area contributed by atoms with Crippen molar-refractivity contribution in [3.8, 4) is 0 Å². The van der Waals surface area contributed by atoms with Gasteiger partial charge >= 0.3 is 6.09 Å². The lowest BCUT2D eigenvalue weighted by atomic mass is 10.9. The molecule has 0 unspecified atom stereocenters. The van der Waals surface area contributed by atoms with E-state index >= 15 is 0 Å². The number of nitrogens with one attached hydrogen (secondary N) is 1. The topological polar surface area (TPSA) is 75.1 Å². The molecule has 0 aromatic carbocycles. The predicted octanol–water partition coefficient (Wildman–Crippen LogP) is 1.16. The first-order valence-electron chi connectivity index (χ1n) is 3.08. The first-order valence-corrected chi connectivity index (χ1v) is 4.88. The molecule has 5 nitrogen and oxygen atoms in total. The van der Waals surface area contributed by atoms with Crippen LogP contribution < -0.4 is 5.32 Å². The Morgan fingerprint density at radius 3 is 3.00 bits per heavy atom. The fourth-order valence-corrected chi connectivity index (χ4v) is 2.10. The predicted molar refractivity (Wildman–Crippen MR) is 46.5 cm³/mol. The van der Waals surface area contributed by atoms with Crippen LogP contribution >= 0.6 is 23.1 Å². The van der Waals surface area contributed by atoms with Gasteiger partial charge in [0.15, 0.2) is 4.34 Å². The number of amides is 1. The van der Waals surface area contributed by atoms with Crippen molar-refractivity contribution in [1.29, 1.82) is 0 Å². The van der Waals surface area contributed by atoms with Crippen LogP contribution in [-0.2, 0) is 0 Å². The van der Waals surface area contributed by atoms with Gasteiger partial charge in [0.25, 0.3) is 0 Å². The second-order valence-electron chi connectivity index (χ2n) is 1.86. The number of nitrogens with zero attached hydrogens (tertiary/aromatic N) is 2. The summed E-state index contributed by atoms with van der Waals surface area (Å²) in [5.74, 6) is 0.309. The smallest absolute Gasteiger partial charge is 0.405 e. The Bertz CT molecular complexity index is 275. The maximum atomic E-state index is 10.0. The van der Waals surface area contributed by atoms with E-state index in [1.54, 1.807) is 0 Å². The molecule has 1 aromatic heterocycles. The van der Waals surface area contributed by atoms with E-state index in [0.29, 0.717) is 5.88 Å². The van der Waals surface area contributed by atoms with Crippen molar-refractivity contribution in [1.82, 2.24) is 15.5 Å². The van der Waals surface area contributed by atoms with Crippen LogP contribution in [0.2, 0.25) is 0 Å². The summed E-state index contributed by atoms with van der Waals surface area (Å²) in [7, 11) is 0. The van der Waals surface area contributed by atoms with Crippen molar-refractivity contribution >= 4 is 29.2 Å². The molecule has 0 aliphatic rings. The fraction of sp³-hybridized carbons (Fsp3) is 0.400. The van der Waals surface area contributed by atoms with E-state index in [1.165, 1.54) is 23.1 Å². The lowest BCUT2D eigenvalue weighted by Crippen LogP contribution is -2.19. The van der Waals surface area contributed by atoms with Gasteiger partial charge in [0.2, 0.25) is 0 Å². The molecule has 0 atom stereocenters. The summed E-state index contributed by atoms with van der Waals surface area (Å²) in [5, 5.41) is 18.9. The SMILES string of the molecule is Cc1nnc(SCNC(=O)O)s1. The second-order valence-corrected chi connectivity index (χ2v) is 4.26. The van der Waals surface area contributed by atoms with Crippen LogP contribution in [0, 0.1) is 6.92 Å². The molecule has 0 fully saturated rings. The van der Waals surface area contributed by atoms with Gasteiger partial charge in [-0.15, -0.1) is 10.2 Å². The summed E-state index contributed by atoms with van der Waals surface area (Å²) < 4.78 is 0.779. The summed E-state index contributed by atoms with van der Waals surface area (Å²) in [5.41, 5.74) is 0. The van der Waals surface area contributed by atoms with Crippen LogP contribution in [0.4, 0.5) is 4.79 Å². The second kappa shape index (κ2) is 4.27. The zero-order chi connectivity index (χ0) is 8.97. The Morgan fingerprint density at radius 1 is 1.75 bits per heavy atom. The number of thioether (sulfide) groups is 1. The van der Waals surface area contributed by atoms with Crippen LogP contribution in [0.5, 0.6) is 0 Å². The van der Waals surface area contributed by atoms with Gasteiger partial charge in [-0.25, -0.2) is 4.79 Å². The molecule has 0 aliphatic heterocycles. The average molecular weight is 205 g/mol. The fourth-order valence-electron chi connectivity index (χ4n) is 0.496. The summed E-state index contributed by atoms with van der Waals surface area (Å²) in [6, 6.07) is 0. The highest BCUT2D eigenvalue weighted by Gasteiger charge is 2.01. The molecule has 66 valence electrons. The van der Waals surface area contributed by atoms with E-state index in [4.69, 9.17) is 5.11 Å². The average Bonchev–Trinajstić information content (AvgIpc) is 2.35. The highest BCUT2D eigenvalue weighted by Crippen LogP contribution is 2.20. The Labute approximate surface area is 77.2 Å². The molecule has 0 radical (unpaired) electrons. The van der Waals surface area contributed by atoms with Crippen molar-refractivity contribution < 1.29 is 9.90 Å². The van der Waals surface area contributed by atoms with Crippen LogP contribution in [-0.4, -0.2) is 27.3 Å². The first-order chi connectivity index (χ1) is 5.68. The van der Waals surface area contributed by atoms with E-state index in [2.05, 4.69) is 15.5 Å². The number of hydrogen-bond donors (Lipinski definition) is 2. The molecule has 2 N–H and O–H groups in total. The van der Waals surface area contributed by atoms with Gasteiger partial charge in [0, 0.05) is 0 Å². The largest absolute Gasteiger partial charge is 0.465 e. The first kappa shape index (κ1) is 9.27. The molecule has 0 saturated carbocycles. The van der Waals surface area contributed by atoms with E-state index in [1.807, 2.05) is 6.92 Å². The number of aryl methyl sites for hydroxylation is 1. The van der Waals surface area contributed by atoms with E-state index in [9.17, 15) is 4.79 Å². The molecule has 1 rings (SSSR count). The number of carboxylic acid groups (broad SMARTS) is 1. The molecule has 1 heterocycles. The number of carbonyl (C=O) groups is 1. The van der Waals surface area contributed by atoms with Gasteiger partial charge in [-0.1, -0.05) is 23.1 Å². The highest BCUT2D eigenvalue weighted by atomic mass is 32.2. The van der Waals surface area contributed by atoms with Crippen LogP contribution in [0.25, 0.3) is 0 Å².